The van der Waals surface area contributed by atoms with E-state index in [1.165, 1.54) is 12.3 Å². The highest BCUT2D eigenvalue weighted by Gasteiger charge is 2.10. The van der Waals surface area contributed by atoms with Crippen molar-refractivity contribution >= 4 is 11.6 Å². The van der Waals surface area contributed by atoms with E-state index in [0.29, 0.717) is 5.69 Å². The van der Waals surface area contributed by atoms with Crippen LogP contribution >= 0.6 is 0 Å². The van der Waals surface area contributed by atoms with E-state index in [2.05, 4.69) is 22.3 Å². The summed E-state index contributed by atoms with van der Waals surface area (Å²) in [4.78, 5) is 11.7. The molecular formula is C14H12N2O3. The summed E-state index contributed by atoms with van der Waals surface area (Å²) in [6.45, 7) is 1.70. The van der Waals surface area contributed by atoms with Gasteiger partial charge >= 0.3 is 0 Å². The van der Waals surface area contributed by atoms with Gasteiger partial charge in [-0.15, -0.1) is 0 Å². The fraction of sp³-hybridized carbons (Fsp3) is 0.143. The first-order valence-electron chi connectivity index (χ1n) is 5.63. The molecule has 1 aromatic carbocycles. The molecule has 2 aromatic rings. The van der Waals surface area contributed by atoms with Crippen molar-refractivity contribution < 1.29 is 14.4 Å². The maximum atomic E-state index is 11.7. The fourth-order valence-electron chi connectivity index (χ4n) is 1.54. The molecule has 0 atom stereocenters. The standard InChI is InChI=1S/C14H12N2O3/c1-10-9-12(5-4-11(10)3-2-8-17)16-14(18)13-6-7-15-19-13/h4-7,9,17H,8H2,1H3,(H,16,18). The summed E-state index contributed by atoms with van der Waals surface area (Å²) in [6.07, 6.45) is 1.41. The zero-order chi connectivity index (χ0) is 13.7. The number of aliphatic hydroxyl groups is 1. The summed E-state index contributed by atoms with van der Waals surface area (Å²) in [5, 5.41) is 14.8. The average Bonchev–Trinajstić information content (AvgIpc) is 2.92. The Labute approximate surface area is 110 Å². The third-order valence-corrected chi connectivity index (χ3v) is 2.45. The summed E-state index contributed by atoms with van der Waals surface area (Å²) in [5.41, 5.74) is 2.37. The van der Waals surface area contributed by atoms with Gasteiger partial charge in [-0.2, -0.15) is 0 Å². The molecule has 1 amide bonds. The number of rotatable bonds is 2. The predicted octanol–water partition coefficient (Wildman–Crippen LogP) is 1.58. The zero-order valence-corrected chi connectivity index (χ0v) is 10.3. The fourth-order valence-corrected chi connectivity index (χ4v) is 1.54. The topological polar surface area (TPSA) is 75.4 Å². The van der Waals surface area contributed by atoms with Crippen LogP contribution in [0, 0.1) is 18.8 Å². The Hall–Kier alpha value is -2.58. The number of nitrogens with one attached hydrogen (secondary N) is 1. The Morgan fingerprint density at radius 1 is 1.47 bits per heavy atom. The largest absolute Gasteiger partial charge is 0.384 e. The predicted molar refractivity (Wildman–Crippen MR) is 69.6 cm³/mol. The monoisotopic (exact) mass is 256 g/mol. The van der Waals surface area contributed by atoms with E-state index >= 15 is 0 Å². The van der Waals surface area contributed by atoms with E-state index in [0.717, 1.165) is 11.1 Å². The molecule has 19 heavy (non-hydrogen) atoms. The lowest BCUT2D eigenvalue weighted by Gasteiger charge is -2.05. The molecule has 0 aliphatic heterocycles. The smallest absolute Gasteiger partial charge is 0.294 e. The minimum absolute atomic E-state index is 0.154. The van der Waals surface area contributed by atoms with Crippen molar-refractivity contribution in [3.8, 4) is 11.8 Å². The van der Waals surface area contributed by atoms with Crippen molar-refractivity contribution in [2.75, 3.05) is 11.9 Å². The van der Waals surface area contributed by atoms with Gasteiger partial charge in [0.15, 0.2) is 0 Å². The highest BCUT2D eigenvalue weighted by Crippen LogP contribution is 2.15. The quantitative estimate of drug-likeness (QED) is 0.800. The van der Waals surface area contributed by atoms with Crippen LogP contribution in [-0.4, -0.2) is 22.8 Å². The van der Waals surface area contributed by atoms with Gasteiger partial charge in [0.1, 0.15) is 6.61 Å². The summed E-state index contributed by atoms with van der Waals surface area (Å²) in [7, 11) is 0. The first-order chi connectivity index (χ1) is 9.20. The van der Waals surface area contributed by atoms with Crippen LogP contribution in [0.25, 0.3) is 0 Å². The lowest BCUT2D eigenvalue weighted by molar-refractivity contribution is 0.0988. The van der Waals surface area contributed by atoms with Gasteiger partial charge < -0.3 is 14.9 Å². The van der Waals surface area contributed by atoms with E-state index in [4.69, 9.17) is 9.63 Å². The Morgan fingerprint density at radius 2 is 2.32 bits per heavy atom. The van der Waals surface area contributed by atoms with Crippen molar-refractivity contribution in [2.24, 2.45) is 0 Å². The second kappa shape index (κ2) is 5.85. The van der Waals surface area contributed by atoms with Gasteiger partial charge in [0.25, 0.3) is 5.91 Å². The van der Waals surface area contributed by atoms with Gasteiger partial charge in [-0.1, -0.05) is 17.0 Å². The van der Waals surface area contributed by atoms with E-state index in [-0.39, 0.29) is 18.3 Å². The van der Waals surface area contributed by atoms with Gasteiger partial charge in [0, 0.05) is 17.3 Å². The minimum Gasteiger partial charge on any atom is -0.384 e. The van der Waals surface area contributed by atoms with Crippen LogP contribution in [0.1, 0.15) is 21.7 Å². The number of hydrogen-bond acceptors (Lipinski definition) is 4. The second-order valence-corrected chi connectivity index (χ2v) is 3.82. The van der Waals surface area contributed by atoms with Gasteiger partial charge in [-0.25, -0.2) is 0 Å². The number of hydrogen-bond donors (Lipinski definition) is 2. The van der Waals surface area contributed by atoms with E-state index in [1.807, 2.05) is 6.92 Å². The van der Waals surface area contributed by atoms with Crippen LogP contribution in [0.4, 0.5) is 5.69 Å². The van der Waals surface area contributed by atoms with Crippen molar-refractivity contribution in [1.82, 2.24) is 5.16 Å². The molecular weight excluding hydrogens is 244 g/mol. The lowest BCUT2D eigenvalue weighted by atomic mass is 10.1. The SMILES string of the molecule is Cc1cc(NC(=O)c2ccno2)ccc1C#CCO. The molecule has 0 radical (unpaired) electrons. The molecule has 96 valence electrons. The van der Waals surface area contributed by atoms with Crippen molar-refractivity contribution in [1.29, 1.82) is 0 Å². The number of aliphatic hydroxyl groups excluding tert-OH is 1. The highest BCUT2D eigenvalue weighted by molar-refractivity contribution is 6.02. The molecule has 2 N–H and O–H groups in total. The van der Waals surface area contributed by atoms with Crippen LogP contribution in [0.15, 0.2) is 35.0 Å². The number of carbonyl (C=O) groups excluding carboxylic acids is 1. The molecule has 0 saturated carbocycles. The number of aromatic nitrogens is 1. The van der Waals surface area contributed by atoms with Crippen molar-refractivity contribution in [2.45, 2.75) is 6.92 Å². The number of aryl methyl sites for hydroxylation is 1. The van der Waals surface area contributed by atoms with Crippen molar-refractivity contribution in [3.63, 3.8) is 0 Å². The van der Waals surface area contributed by atoms with Gasteiger partial charge in [0.2, 0.25) is 5.76 Å². The van der Waals surface area contributed by atoms with Crippen LogP contribution < -0.4 is 5.32 Å². The maximum Gasteiger partial charge on any atom is 0.294 e. The number of anilines is 1. The Bertz CT molecular complexity index is 636. The Morgan fingerprint density at radius 3 is 2.95 bits per heavy atom. The molecule has 5 nitrogen and oxygen atoms in total. The van der Waals surface area contributed by atoms with Crippen LogP contribution in [-0.2, 0) is 0 Å². The summed E-state index contributed by atoms with van der Waals surface area (Å²) in [5.74, 6) is 5.21. The van der Waals surface area contributed by atoms with E-state index in [1.54, 1.807) is 18.2 Å². The van der Waals surface area contributed by atoms with Gasteiger partial charge in [-0.3, -0.25) is 4.79 Å². The Balaban J connectivity index is 2.14. The molecule has 0 bridgehead atoms. The molecule has 0 aliphatic carbocycles. The van der Waals surface area contributed by atoms with Crippen LogP contribution in [0.3, 0.4) is 0 Å². The zero-order valence-electron chi connectivity index (χ0n) is 10.3. The minimum atomic E-state index is -0.355. The van der Waals surface area contributed by atoms with Crippen LogP contribution in [0.5, 0.6) is 0 Å². The van der Waals surface area contributed by atoms with E-state index < -0.39 is 0 Å². The number of benzene rings is 1. The lowest BCUT2D eigenvalue weighted by Crippen LogP contribution is -2.11. The molecule has 1 heterocycles. The second-order valence-electron chi connectivity index (χ2n) is 3.82. The Kier molecular flexibility index (Phi) is 3.96. The number of carbonyl (C=O) groups is 1. The van der Waals surface area contributed by atoms with E-state index in [9.17, 15) is 4.79 Å². The van der Waals surface area contributed by atoms with Crippen molar-refractivity contribution in [3.05, 3.63) is 47.3 Å². The van der Waals surface area contributed by atoms with Crippen LogP contribution in [0.2, 0.25) is 0 Å². The third kappa shape index (κ3) is 3.21. The molecule has 1 aromatic heterocycles. The molecule has 2 rings (SSSR count). The molecule has 0 saturated heterocycles. The number of amides is 1. The third-order valence-electron chi connectivity index (χ3n) is 2.45. The first-order valence-corrected chi connectivity index (χ1v) is 5.63. The average molecular weight is 256 g/mol. The maximum absolute atomic E-state index is 11.7. The summed E-state index contributed by atoms with van der Waals surface area (Å²) in [6, 6.07) is 6.82. The van der Waals surface area contributed by atoms with Gasteiger partial charge in [-0.05, 0) is 30.7 Å². The summed E-state index contributed by atoms with van der Waals surface area (Å²) < 4.78 is 4.76. The number of nitrogens with zero attached hydrogens (tertiary/aromatic N) is 1. The first kappa shape index (κ1) is 12.9. The molecule has 0 unspecified atom stereocenters. The molecule has 0 aliphatic rings. The molecule has 5 heteroatoms. The summed E-state index contributed by atoms with van der Waals surface area (Å²) >= 11 is 0. The molecule has 0 spiro atoms. The highest BCUT2D eigenvalue weighted by atomic mass is 16.5. The normalized spacial score (nSPS) is 9.58. The molecule has 0 fully saturated rings. The van der Waals surface area contributed by atoms with Gasteiger partial charge in [0.05, 0.1) is 6.20 Å².